The van der Waals surface area contributed by atoms with Crippen LogP contribution in [-0.4, -0.2) is 29.0 Å². The monoisotopic (exact) mass is 374 g/mol. The Morgan fingerprint density at radius 1 is 1.35 bits per heavy atom. The Morgan fingerprint density at radius 2 is 2.15 bits per heavy atom. The number of thiazole rings is 1. The second kappa shape index (κ2) is 7.57. The van der Waals surface area contributed by atoms with Crippen molar-refractivity contribution in [3.05, 3.63) is 52.0 Å². The number of hydrogen-bond acceptors (Lipinski definition) is 7. The molecular weight excluding hydrogens is 356 g/mol. The molecule has 0 fully saturated rings. The predicted molar refractivity (Wildman–Crippen MR) is 95.2 cm³/mol. The van der Waals surface area contributed by atoms with Gasteiger partial charge in [0.25, 0.3) is 0 Å². The van der Waals surface area contributed by atoms with E-state index in [1.165, 1.54) is 18.4 Å². The summed E-state index contributed by atoms with van der Waals surface area (Å²) in [5.74, 6) is -0.347. The zero-order chi connectivity index (χ0) is 18.7. The van der Waals surface area contributed by atoms with Crippen molar-refractivity contribution in [3.63, 3.8) is 0 Å². The highest BCUT2D eigenvalue weighted by molar-refractivity contribution is 7.13. The van der Waals surface area contributed by atoms with Gasteiger partial charge in [0.1, 0.15) is 12.3 Å². The number of hydrogen-bond donors (Lipinski definition) is 1. The number of nitrogens with zero attached hydrogens (tertiary/aromatic N) is 1. The van der Waals surface area contributed by atoms with E-state index in [1.54, 1.807) is 19.3 Å². The van der Waals surface area contributed by atoms with Gasteiger partial charge in [0.2, 0.25) is 0 Å². The number of H-pyrrole nitrogens is 1. The molecule has 0 aliphatic rings. The van der Waals surface area contributed by atoms with Crippen LogP contribution in [-0.2, 0) is 22.5 Å². The van der Waals surface area contributed by atoms with Crippen molar-refractivity contribution >= 4 is 23.3 Å². The molecule has 136 valence electrons. The molecule has 8 heteroatoms. The standard InChI is InChI=1S/C18H18N2O5S/c1-4-12-14(17(21)23-3)10(2)15(20-12)18(22)25-8-11-9-26-16(19-11)13-6-5-7-24-13/h5-7,9,20H,4,8H2,1-3H3. The number of aromatic amines is 1. The van der Waals surface area contributed by atoms with Gasteiger partial charge in [-0.05, 0) is 31.0 Å². The molecule has 26 heavy (non-hydrogen) atoms. The second-order valence-electron chi connectivity index (χ2n) is 5.52. The van der Waals surface area contributed by atoms with Crippen LogP contribution >= 0.6 is 11.3 Å². The van der Waals surface area contributed by atoms with Crippen molar-refractivity contribution in [2.24, 2.45) is 0 Å². The van der Waals surface area contributed by atoms with Crippen LogP contribution in [0.4, 0.5) is 0 Å². The Labute approximate surface area is 154 Å². The third-order valence-corrected chi connectivity index (χ3v) is 4.82. The smallest absolute Gasteiger partial charge is 0.355 e. The lowest BCUT2D eigenvalue weighted by Gasteiger charge is -2.03. The van der Waals surface area contributed by atoms with Crippen LogP contribution in [0.1, 0.15) is 44.7 Å². The van der Waals surface area contributed by atoms with E-state index in [1.807, 2.05) is 18.4 Å². The highest BCUT2D eigenvalue weighted by Gasteiger charge is 2.24. The van der Waals surface area contributed by atoms with E-state index in [-0.39, 0.29) is 12.3 Å². The van der Waals surface area contributed by atoms with Gasteiger partial charge in [0.15, 0.2) is 10.8 Å². The molecule has 3 aromatic rings. The van der Waals surface area contributed by atoms with Gasteiger partial charge in [0, 0.05) is 11.1 Å². The second-order valence-corrected chi connectivity index (χ2v) is 6.38. The molecule has 3 aromatic heterocycles. The number of esters is 2. The number of carbonyl (C=O) groups excluding carboxylic acids is 2. The predicted octanol–water partition coefficient (Wildman–Crippen LogP) is 3.75. The first kappa shape index (κ1) is 17.9. The van der Waals surface area contributed by atoms with Gasteiger partial charge in [-0.1, -0.05) is 6.92 Å². The summed E-state index contributed by atoms with van der Waals surface area (Å²) in [6, 6.07) is 3.60. The molecule has 0 bridgehead atoms. The van der Waals surface area contributed by atoms with Gasteiger partial charge in [-0.2, -0.15) is 0 Å². The summed E-state index contributed by atoms with van der Waals surface area (Å²) in [5, 5.41) is 2.53. The van der Waals surface area contributed by atoms with Gasteiger partial charge in [-0.15, -0.1) is 11.3 Å². The first-order chi connectivity index (χ1) is 12.5. The molecule has 1 N–H and O–H groups in total. The van der Waals surface area contributed by atoms with Crippen molar-refractivity contribution in [1.82, 2.24) is 9.97 Å². The summed E-state index contributed by atoms with van der Waals surface area (Å²) in [6.07, 6.45) is 2.14. The molecule has 0 aliphatic heterocycles. The molecule has 0 unspecified atom stereocenters. The largest absolute Gasteiger partial charge is 0.465 e. The Balaban J connectivity index is 1.73. The molecule has 0 saturated heterocycles. The molecule has 0 aliphatic carbocycles. The molecule has 3 heterocycles. The van der Waals surface area contributed by atoms with Crippen molar-refractivity contribution < 1.29 is 23.5 Å². The van der Waals surface area contributed by atoms with E-state index >= 15 is 0 Å². The highest BCUT2D eigenvalue weighted by atomic mass is 32.1. The summed E-state index contributed by atoms with van der Waals surface area (Å²) in [7, 11) is 1.31. The Bertz CT molecular complexity index is 924. The zero-order valence-corrected chi connectivity index (χ0v) is 15.4. The molecule has 0 radical (unpaired) electrons. The van der Waals surface area contributed by atoms with Gasteiger partial charge >= 0.3 is 11.9 Å². The topological polar surface area (TPSA) is 94.4 Å². The number of rotatable bonds is 6. The molecule has 0 spiro atoms. The Hall–Kier alpha value is -2.87. The summed E-state index contributed by atoms with van der Waals surface area (Å²) in [6.45, 7) is 3.61. The Kier molecular flexibility index (Phi) is 5.22. The fraction of sp³-hybridized carbons (Fsp3) is 0.278. The number of aromatic nitrogens is 2. The summed E-state index contributed by atoms with van der Waals surface area (Å²) in [4.78, 5) is 31.7. The average molecular weight is 374 g/mol. The number of carbonyl (C=O) groups is 2. The number of aryl methyl sites for hydroxylation is 1. The van der Waals surface area contributed by atoms with Crippen LogP contribution in [0.3, 0.4) is 0 Å². The molecule has 3 rings (SSSR count). The van der Waals surface area contributed by atoms with Crippen LogP contribution in [0, 0.1) is 6.92 Å². The van der Waals surface area contributed by atoms with Crippen molar-refractivity contribution in [2.45, 2.75) is 26.9 Å². The minimum Gasteiger partial charge on any atom is -0.465 e. The number of methoxy groups -OCH3 is 1. The number of nitrogens with one attached hydrogen (secondary N) is 1. The fourth-order valence-electron chi connectivity index (χ4n) is 2.60. The maximum atomic E-state index is 12.4. The highest BCUT2D eigenvalue weighted by Crippen LogP contribution is 2.25. The van der Waals surface area contributed by atoms with Crippen molar-refractivity contribution in [3.8, 4) is 10.8 Å². The first-order valence-corrected chi connectivity index (χ1v) is 8.88. The molecule has 0 saturated carbocycles. The minimum absolute atomic E-state index is 0.0313. The lowest BCUT2D eigenvalue weighted by molar-refractivity contribution is 0.0461. The summed E-state index contributed by atoms with van der Waals surface area (Å²) in [5.41, 5.74) is 2.44. The fourth-order valence-corrected chi connectivity index (χ4v) is 3.38. The maximum absolute atomic E-state index is 12.4. The van der Waals surface area contributed by atoms with Crippen LogP contribution in [0.5, 0.6) is 0 Å². The van der Waals surface area contributed by atoms with Gasteiger partial charge < -0.3 is 18.9 Å². The average Bonchev–Trinajstić information content (AvgIpc) is 3.38. The van der Waals surface area contributed by atoms with Crippen molar-refractivity contribution in [1.29, 1.82) is 0 Å². The lowest BCUT2D eigenvalue weighted by Crippen LogP contribution is -2.08. The number of furan rings is 1. The van der Waals surface area contributed by atoms with Crippen LogP contribution in [0.15, 0.2) is 28.2 Å². The third-order valence-electron chi connectivity index (χ3n) is 3.91. The quantitative estimate of drug-likeness (QED) is 0.661. The van der Waals surface area contributed by atoms with E-state index in [0.29, 0.717) is 34.7 Å². The summed E-state index contributed by atoms with van der Waals surface area (Å²) >= 11 is 1.41. The van der Waals surface area contributed by atoms with Gasteiger partial charge in [-0.25, -0.2) is 14.6 Å². The minimum atomic E-state index is -0.542. The lowest BCUT2D eigenvalue weighted by atomic mass is 10.1. The third kappa shape index (κ3) is 3.41. The van der Waals surface area contributed by atoms with E-state index < -0.39 is 11.9 Å². The van der Waals surface area contributed by atoms with Crippen molar-refractivity contribution in [2.75, 3.05) is 7.11 Å². The van der Waals surface area contributed by atoms with Crippen LogP contribution < -0.4 is 0 Å². The number of ether oxygens (including phenoxy) is 2. The molecular formula is C18H18N2O5S. The molecule has 0 amide bonds. The van der Waals surface area contributed by atoms with E-state index in [0.717, 1.165) is 5.01 Å². The zero-order valence-electron chi connectivity index (χ0n) is 14.6. The Morgan fingerprint density at radius 3 is 2.81 bits per heavy atom. The SMILES string of the molecule is CCc1[nH]c(C(=O)OCc2csc(-c3ccco3)n2)c(C)c1C(=O)OC. The van der Waals surface area contributed by atoms with Crippen LogP contribution in [0.2, 0.25) is 0 Å². The van der Waals surface area contributed by atoms with E-state index in [9.17, 15) is 9.59 Å². The van der Waals surface area contributed by atoms with Gasteiger partial charge in [-0.3, -0.25) is 0 Å². The first-order valence-electron chi connectivity index (χ1n) is 8.00. The molecule has 0 aromatic carbocycles. The molecule has 0 atom stereocenters. The van der Waals surface area contributed by atoms with E-state index in [2.05, 4.69) is 9.97 Å². The maximum Gasteiger partial charge on any atom is 0.355 e. The van der Waals surface area contributed by atoms with Crippen LogP contribution in [0.25, 0.3) is 10.8 Å². The van der Waals surface area contributed by atoms with Gasteiger partial charge in [0.05, 0.1) is 24.6 Å². The van der Waals surface area contributed by atoms with E-state index in [4.69, 9.17) is 13.9 Å². The summed E-state index contributed by atoms with van der Waals surface area (Å²) < 4.78 is 15.4. The molecule has 7 nitrogen and oxygen atoms in total. The normalized spacial score (nSPS) is 10.7.